The summed E-state index contributed by atoms with van der Waals surface area (Å²) in [5.74, 6) is -0.227. The van der Waals surface area contributed by atoms with E-state index in [1.54, 1.807) is 6.20 Å². The van der Waals surface area contributed by atoms with E-state index in [1.165, 1.54) is 0 Å². The molecule has 0 aliphatic heterocycles. The lowest BCUT2D eigenvalue weighted by Crippen LogP contribution is -2.29. The zero-order chi connectivity index (χ0) is 12.8. The third kappa shape index (κ3) is 4.34. The predicted octanol–water partition coefficient (Wildman–Crippen LogP) is 3.21. The molecule has 0 radical (unpaired) electrons. The highest BCUT2D eigenvalue weighted by Gasteiger charge is 2.16. The number of halogens is 1. The van der Waals surface area contributed by atoms with Crippen molar-refractivity contribution in [1.82, 2.24) is 4.98 Å². The Labute approximate surface area is 110 Å². The zero-order valence-corrected chi connectivity index (χ0v) is 11.6. The Hall–Kier alpha value is -1.10. The number of unbranched alkanes of at least 4 members (excludes halogenated alkanes) is 1. The molecule has 0 aromatic carbocycles. The lowest BCUT2D eigenvalue weighted by Gasteiger charge is -2.15. The molecule has 1 aromatic rings. The summed E-state index contributed by atoms with van der Waals surface area (Å²) in [5, 5.41) is 12.0. The topological polar surface area (TPSA) is 62.2 Å². The number of carboxylic acid groups (broad SMARTS) is 1. The van der Waals surface area contributed by atoms with Crippen molar-refractivity contribution in [2.75, 3.05) is 5.32 Å². The van der Waals surface area contributed by atoms with E-state index in [-0.39, 0.29) is 0 Å². The minimum absolute atomic E-state index is 0.567. The van der Waals surface area contributed by atoms with E-state index in [9.17, 15) is 4.79 Å². The number of pyridine rings is 1. The summed E-state index contributed by atoms with van der Waals surface area (Å²) >= 11 is 3.36. The molecular formula is C12H17BrN2O2. The highest BCUT2D eigenvalue weighted by Crippen LogP contribution is 2.18. The first-order chi connectivity index (χ1) is 8.04. The van der Waals surface area contributed by atoms with Crippen LogP contribution in [0.5, 0.6) is 0 Å². The number of carboxylic acids is 1. The SMILES string of the molecule is CCCCC(Nc1cc(C)c(Br)cn1)C(=O)O. The van der Waals surface area contributed by atoms with Crippen LogP contribution in [0.1, 0.15) is 31.7 Å². The standard InChI is InChI=1S/C12H17BrN2O2/c1-3-4-5-10(12(16)17)15-11-6-8(2)9(13)7-14-11/h6-7,10H,3-5H2,1-2H3,(H,14,15)(H,16,17). The van der Waals surface area contributed by atoms with Gasteiger partial charge in [0.2, 0.25) is 0 Å². The minimum atomic E-state index is -0.833. The van der Waals surface area contributed by atoms with Crippen molar-refractivity contribution < 1.29 is 9.90 Å². The van der Waals surface area contributed by atoms with Crippen LogP contribution >= 0.6 is 15.9 Å². The lowest BCUT2D eigenvalue weighted by atomic mass is 10.1. The van der Waals surface area contributed by atoms with E-state index in [0.29, 0.717) is 12.2 Å². The Balaban J connectivity index is 2.71. The van der Waals surface area contributed by atoms with Crippen molar-refractivity contribution in [1.29, 1.82) is 0 Å². The summed E-state index contributed by atoms with van der Waals surface area (Å²) in [6.45, 7) is 3.99. The van der Waals surface area contributed by atoms with Crippen LogP contribution in [-0.4, -0.2) is 22.1 Å². The number of hydrogen-bond acceptors (Lipinski definition) is 3. The third-order valence-electron chi connectivity index (χ3n) is 2.51. The van der Waals surface area contributed by atoms with Crippen molar-refractivity contribution in [2.45, 2.75) is 39.2 Å². The van der Waals surface area contributed by atoms with E-state index in [0.717, 1.165) is 22.9 Å². The Kier molecular flexibility index (Phi) is 5.41. The van der Waals surface area contributed by atoms with E-state index >= 15 is 0 Å². The number of nitrogens with zero attached hydrogens (tertiary/aromatic N) is 1. The number of aryl methyl sites for hydroxylation is 1. The molecule has 1 unspecified atom stereocenters. The fraction of sp³-hybridized carbons (Fsp3) is 0.500. The molecule has 5 heteroatoms. The maximum atomic E-state index is 11.1. The molecule has 0 bridgehead atoms. The second kappa shape index (κ2) is 6.59. The van der Waals surface area contributed by atoms with E-state index < -0.39 is 12.0 Å². The molecule has 1 atom stereocenters. The number of anilines is 1. The lowest BCUT2D eigenvalue weighted by molar-refractivity contribution is -0.138. The molecule has 1 rings (SSSR count). The molecule has 94 valence electrons. The van der Waals surface area contributed by atoms with Gasteiger partial charge in [0.05, 0.1) is 0 Å². The molecule has 17 heavy (non-hydrogen) atoms. The van der Waals surface area contributed by atoms with E-state index in [2.05, 4.69) is 26.2 Å². The van der Waals surface area contributed by atoms with Gasteiger partial charge in [-0.1, -0.05) is 19.8 Å². The minimum Gasteiger partial charge on any atom is -0.480 e. The first-order valence-corrected chi connectivity index (χ1v) is 6.45. The molecule has 0 aliphatic rings. The number of hydrogen-bond donors (Lipinski definition) is 2. The Bertz CT molecular complexity index is 396. The van der Waals surface area contributed by atoms with Gasteiger partial charge in [0.15, 0.2) is 0 Å². The number of carbonyl (C=O) groups is 1. The second-order valence-electron chi connectivity index (χ2n) is 4.00. The number of nitrogens with one attached hydrogen (secondary N) is 1. The molecule has 0 saturated carbocycles. The van der Waals surface area contributed by atoms with Gasteiger partial charge in [-0.05, 0) is 40.9 Å². The van der Waals surface area contributed by atoms with Crippen LogP contribution in [0.2, 0.25) is 0 Å². The highest BCUT2D eigenvalue weighted by molar-refractivity contribution is 9.10. The normalized spacial score (nSPS) is 12.2. The van der Waals surface area contributed by atoms with E-state index in [1.807, 2.05) is 19.9 Å². The molecule has 1 heterocycles. The first-order valence-electron chi connectivity index (χ1n) is 5.66. The molecule has 2 N–H and O–H groups in total. The summed E-state index contributed by atoms with van der Waals surface area (Å²) in [5.41, 5.74) is 1.03. The Morgan fingerprint density at radius 2 is 2.35 bits per heavy atom. The summed E-state index contributed by atoms with van der Waals surface area (Å²) in [6, 6.07) is 1.27. The Morgan fingerprint density at radius 3 is 2.88 bits per heavy atom. The molecule has 0 aliphatic carbocycles. The maximum Gasteiger partial charge on any atom is 0.326 e. The van der Waals surface area contributed by atoms with Gasteiger partial charge in [0.25, 0.3) is 0 Å². The maximum absolute atomic E-state index is 11.1. The fourth-order valence-corrected chi connectivity index (χ4v) is 1.68. The van der Waals surface area contributed by atoms with Gasteiger partial charge >= 0.3 is 5.97 Å². The summed E-state index contributed by atoms with van der Waals surface area (Å²) in [4.78, 5) is 15.2. The van der Waals surface area contributed by atoms with Crippen molar-refractivity contribution in [3.05, 3.63) is 22.3 Å². The van der Waals surface area contributed by atoms with Crippen molar-refractivity contribution >= 4 is 27.7 Å². The van der Waals surface area contributed by atoms with E-state index in [4.69, 9.17) is 5.11 Å². The number of aromatic nitrogens is 1. The smallest absolute Gasteiger partial charge is 0.326 e. The van der Waals surface area contributed by atoms with Crippen LogP contribution in [0.25, 0.3) is 0 Å². The molecule has 0 saturated heterocycles. The van der Waals surface area contributed by atoms with Crippen LogP contribution in [0.3, 0.4) is 0 Å². The molecule has 0 spiro atoms. The van der Waals surface area contributed by atoms with Crippen molar-refractivity contribution in [2.24, 2.45) is 0 Å². The van der Waals surface area contributed by atoms with Gasteiger partial charge in [-0.15, -0.1) is 0 Å². The third-order valence-corrected chi connectivity index (χ3v) is 3.34. The van der Waals surface area contributed by atoms with Crippen LogP contribution < -0.4 is 5.32 Å². The monoisotopic (exact) mass is 300 g/mol. The zero-order valence-electron chi connectivity index (χ0n) is 10.0. The summed E-state index contributed by atoms with van der Waals surface area (Å²) < 4.78 is 0.920. The molecule has 4 nitrogen and oxygen atoms in total. The Morgan fingerprint density at radius 1 is 1.65 bits per heavy atom. The molecule has 0 amide bonds. The predicted molar refractivity (Wildman–Crippen MR) is 71.2 cm³/mol. The van der Waals surface area contributed by atoms with Gasteiger partial charge in [0.1, 0.15) is 11.9 Å². The van der Waals surface area contributed by atoms with Crippen LogP contribution in [-0.2, 0) is 4.79 Å². The summed E-state index contributed by atoms with van der Waals surface area (Å²) in [6.07, 6.45) is 4.16. The average molecular weight is 301 g/mol. The molecule has 1 aromatic heterocycles. The van der Waals surface area contributed by atoms with Gasteiger partial charge in [0, 0.05) is 10.7 Å². The van der Waals surface area contributed by atoms with Gasteiger partial charge in [-0.25, -0.2) is 9.78 Å². The first kappa shape index (κ1) is 14.0. The van der Waals surface area contributed by atoms with Gasteiger partial charge in [-0.3, -0.25) is 0 Å². The molecule has 0 fully saturated rings. The average Bonchev–Trinajstić information content (AvgIpc) is 2.28. The second-order valence-corrected chi connectivity index (χ2v) is 4.85. The largest absolute Gasteiger partial charge is 0.480 e. The van der Waals surface area contributed by atoms with Crippen LogP contribution in [0.15, 0.2) is 16.7 Å². The highest BCUT2D eigenvalue weighted by atomic mass is 79.9. The van der Waals surface area contributed by atoms with Gasteiger partial charge < -0.3 is 10.4 Å². The summed E-state index contributed by atoms with van der Waals surface area (Å²) in [7, 11) is 0. The van der Waals surface area contributed by atoms with Crippen LogP contribution in [0.4, 0.5) is 5.82 Å². The van der Waals surface area contributed by atoms with Gasteiger partial charge in [-0.2, -0.15) is 0 Å². The molecular weight excluding hydrogens is 284 g/mol. The number of rotatable bonds is 6. The van der Waals surface area contributed by atoms with Crippen molar-refractivity contribution in [3.63, 3.8) is 0 Å². The number of aliphatic carboxylic acids is 1. The quantitative estimate of drug-likeness (QED) is 0.847. The fourth-order valence-electron chi connectivity index (χ4n) is 1.46. The van der Waals surface area contributed by atoms with Crippen molar-refractivity contribution in [3.8, 4) is 0 Å². The van der Waals surface area contributed by atoms with Crippen LogP contribution in [0, 0.1) is 6.92 Å².